The molecule has 0 aromatic carbocycles. The number of hydrogen-bond donors (Lipinski definition) is 4. The molecular weight excluding hydrogens is 402 g/mol. The van der Waals surface area contributed by atoms with Crippen LogP contribution in [0.25, 0.3) is 11.2 Å². The molecule has 164 valence electrons. The number of hydrogen-bond acceptors (Lipinski definition) is 10. The lowest BCUT2D eigenvalue weighted by Crippen LogP contribution is -2.33. The number of pyridine rings is 1. The van der Waals surface area contributed by atoms with E-state index < -0.39 is 31.1 Å². The Bertz CT molecular complexity index is 1060. The van der Waals surface area contributed by atoms with Crippen molar-refractivity contribution in [3.05, 3.63) is 36.5 Å². The maximum absolute atomic E-state index is 10.3. The first-order valence-electron chi connectivity index (χ1n) is 10.3. The maximum atomic E-state index is 10.3. The standard InChI is InChI=1S/C20H25N7O4/c1-11-2-3-14(21-6-11)26-5-4-12(7-26)25-18-15-19(23-9-22-18)27(10-24-15)20-17(30)16(29)13(8-28)31-20/h2-3,6,9-10,12-13,16-17,20,28-30H,4-5,7-8H2,1H3,(H,22,23,25)/t12-,13+,16-,17-,20?/m0/s1. The second-order valence-electron chi connectivity index (χ2n) is 8.04. The molecule has 3 aromatic rings. The molecule has 0 aliphatic carbocycles. The van der Waals surface area contributed by atoms with Crippen molar-refractivity contribution < 1.29 is 20.1 Å². The SMILES string of the molecule is Cc1ccc(N2CC[C@H](Nc3ncnc4c3ncn4C3O[C@H](CO)[C@H](O)[C@@H]3O)C2)nc1. The van der Waals surface area contributed by atoms with Gasteiger partial charge in [0.25, 0.3) is 0 Å². The van der Waals surface area contributed by atoms with Gasteiger partial charge in [0.05, 0.1) is 12.9 Å². The Morgan fingerprint density at radius 2 is 2.03 bits per heavy atom. The zero-order valence-electron chi connectivity index (χ0n) is 17.0. The van der Waals surface area contributed by atoms with Crippen molar-refractivity contribution in [2.75, 3.05) is 29.9 Å². The lowest BCUT2D eigenvalue weighted by atomic mass is 10.1. The number of rotatable bonds is 5. The van der Waals surface area contributed by atoms with Gasteiger partial charge in [-0.2, -0.15) is 0 Å². The minimum absolute atomic E-state index is 0.167. The van der Waals surface area contributed by atoms with Crippen molar-refractivity contribution >= 4 is 22.8 Å². The summed E-state index contributed by atoms with van der Waals surface area (Å²) in [6.07, 6.45) is 1.58. The highest BCUT2D eigenvalue weighted by molar-refractivity contribution is 5.83. The Balaban J connectivity index is 1.34. The Kier molecular flexibility index (Phi) is 5.18. The molecule has 3 aromatic heterocycles. The van der Waals surface area contributed by atoms with Gasteiger partial charge in [0.15, 0.2) is 23.2 Å². The van der Waals surface area contributed by atoms with E-state index in [1.807, 2.05) is 19.2 Å². The van der Waals surface area contributed by atoms with Crippen LogP contribution in [0.2, 0.25) is 0 Å². The predicted octanol–water partition coefficient (Wildman–Crippen LogP) is -0.168. The van der Waals surface area contributed by atoms with Gasteiger partial charge < -0.3 is 30.3 Å². The summed E-state index contributed by atoms with van der Waals surface area (Å²) in [6, 6.07) is 4.25. The van der Waals surface area contributed by atoms with Gasteiger partial charge in [-0.1, -0.05) is 6.07 Å². The summed E-state index contributed by atoms with van der Waals surface area (Å²) < 4.78 is 7.17. The fourth-order valence-electron chi connectivity index (χ4n) is 4.18. The summed E-state index contributed by atoms with van der Waals surface area (Å²) in [5.41, 5.74) is 2.15. The van der Waals surface area contributed by atoms with Crippen LogP contribution < -0.4 is 10.2 Å². The maximum Gasteiger partial charge on any atom is 0.167 e. The molecule has 1 unspecified atom stereocenters. The van der Waals surface area contributed by atoms with E-state index in [-0.39, 0.29) is 6.04 Å². The molecular formula is C20H25N7O4. The molecule has 5 atom stereocenters. The minimum atomic E-state index is -1.20. The number of imidazole rings is 1. The predicted molar refractivity (Wildman–Crippen MR) is 112 cm³/mol. The molecule has 5 heterocycles. The van der Waals surface area contributed by atoms with Gasteiger partial charge in [0.1, 0.15) is 30.5 Å². The van der Waals surface area contributed by atoms with Crippen LogP contribution in [-0.2, 0) is 4.74 Å². The normalized spacial score (nSPS) is 28.5. The van der Waals surface area contributed by atoms with Gasteiger partial charge in [-0.25, -0.2) is 19.9 Å². The first-order valence-corrected chi connectivity index (χ1v) is 10.3. The Labute approximate surface area is 178 Å². The molecule has 0 saturated carbocycles. The second kappa shape index (κ2) is 8.00. The number of nitrogens with one attached hydrogen (secondary N) is 1. The average molecular weight is 427 g/mol. The summed E-state index contributed by atoms with van der Waals surface area (Å²) in [6.45, 7) is 3.30. The minimum Gasteiger partial charge on any atom is -0.394 e. The summed E-state index contributed by atoms with van der Waals surface area (Å²) >= 11 is 0. The van der Waals surface area contributed by atoms with Crippen LogP contribution in [0, 0.1) is 6.92 Å². The molecule has 0 amide bonds. The smallest absolute Gasteiger partial charge is 0.167 e. The first kappa shape index (κ1) is 20.1. The molecule has 11 heteroatoms. The number of ether oxygens (including phenoxy) is 1. The number of aryl methyl sites for hydroxylation is 1. The number of aromatic nitrogens is 5. The zero-order valence-corrected chi connectivity index (χ0v) is 17.0. The molecule has 4 N–H and O–H groups in total. The van der Waals surface area contributed by atoms with Crippen LogP contribution in [0.5, 0.6) is 0 Å². The van der Waals surface area contributed by atoms with Crippen LogP contribution in [0.3, 0.4) is 0 Å². The van der Waals surface area contributed by atoms with Crippen LogP contribution in [0.1, 0.15) is 18.2 Å². The van der Waals surface area contributed by atoms with Crippen molar-refractivity contribution in [3.63, 3.8) is 0 Å². The first-order chi connectivity index (χ1) is 15.0. The van der Waals surface area contributed by atoms with Gasteiger partial charge in [-0.3, -0.25) is 4.57 Å². The quantitative estimate of drug-likeness (QED) is 0.434. The molecule has 0 bridgehead atoms. The Morgan fingerprint density at radius 3 is 2.77 bits per heavy atom. The number of fused-ring (bicyclic) bond motifs is 1. The average Bonchev–Trinajstić information content (AvgIpc) is 3.48. The Morgan fingerprint density at radius 1 is 1.16 bits per heavy atom. The summed E-state index contributed by atoms with van der Waals surface area (Å²) in [7, 11) is 0. The van der Waals surface area contributed by atoms with E-state index in [4.69, 9.17) is 4.74 Å². The van der Waals surface area contributed by atoms with E-state index in [9.17, 15) is 15.3 Å². The third kappa shape index (κ3) is 3.59. The topological polar surface area (TPSA) is 142 Å². The van der Waals surface area contributed by atoms with Crippen molar-refractivity contribution in [3.8, 4) is 0 Å². The van der Waals surface area contributed by atoms with Gasteiger partial charge in [-0.05, 0) is 25.0 Å². The van der Waals surface area contributed by atoms with Crippen molar-refractivity contribution in [2.45, 2.75) is 43.9 Å². The molecule has 5 rings (SSSR count). The van der Waals surface area contributed by atoms with Gasteiger partial charge >= 0.3 is 0 Å². The van der Waals surface area contributed by atoms with Crippen LogP contribution in [0.15, 0.2) is 31.0 Å². The van der Waals surface area contributed by atoms with Crippen molar-refractivity contribution in [1.29, 1.82) is 0 Å². The van der Waals surface area contributed by atoms with Crippen LogP contribution in [0.4, 0.5) is 11.6 Å². The number of aliphatic hydroxyl groups excluding tert-OH is 3. The highest BCUT2D eigenvalue weighted by Crippen LogP contribution is 2.32. The molecule has 2 saturated heterocycles. The van der Waals surface area contributed by atoms with E-state index in [1.54, 1.807) is 4.57 Å². The fraction of sp³-hybridized carbons (Fsp3) is 0.500. The second-order valence-corrected chi connectivity index (χ2v) is 8.04. The summed E-state index contributed by atoms with van der Waals surface area (Å²) in [4.78, 5) is 19.8. The Hall–Kier alpha value is -2.86. The zero-order chi connectivity index (χ0) is 21.5. The molecule has 2 fully saturated rings. The number of aliphatic hydroxyl groups is 3. The molecule has 31 heavy (non-hydrogen) atoms. The third-order valence-corrected chi connectivity index (χ3v) is 5.90. The van der Waals surface area contributed by atoms with Crippen molar-refractivity contribution in [1.82, 2.24) is 24.5 Å². The molecule has 0 spiro atoms. The lowest BCUT2D eigenvalue weighted by molar-refractivity contribution is -0.0511. The van der Waals surface area contributed by atoms with E-state index in [2.05, 4.69) is 36.2 Å². The summed E-state index contributed by atoms with van der Waals surface area (Å²) in [5.74, 6) is 1.55. The molecule has 11 nitrogen and oxygen atoms in total. The molecule has 0 radical (unpaired) electrons. The molecule has 2 aliphatic rings. The largest absolute Gasteiger partial charge is 0.394 e. The summed E-state index contributed by atoms with van der Waals surface area (Å²) in [5, 5.41) is 33.2. The monoisotopic (exact) mass is 427 g/mol. The third-order valence-electron chi connectivity index (χ3n) is 5.90. The van der Waals surface area contributed by atoms with E-state index in [1.165, 1.54) is 12.7 Å². The van der Waals surface area contributed by atoms with E-state index >= 15 is 0 Å². The van der Waals surface area contributed by atoms with E-state index in [0.717, 1.165) is 30.9 Å². The van der Waals surface area contributed by atoms with E-state index in [0.29, 0.717) is 17.0 Å². The van der Waals surface area contributed by atoms with Crippen LogP contribution in [-0.4, -0.2) is 83.9 Å². The van der Waals surface area contributed by atoms with Gasteiger partial charge in [-0.15, -0.1) is 0 Å². The fourth-order valence-corrected chi connectivity index (χ4v) is 4.18. The highest BCUT2D eigenvalue weighted by atomic mass is 16.6. The molecule has 2 aliphatic heterocycles. The number of anilines is 2. The highest BCUT2D eigenvalue weighted by Gasteiger charge is 2.44. The van der Waals surface area contributed by atoms with Gasteiger partial charge in [0.2, 0.25) is 0 Å². The van der Waals surface area contributed by atoms with Gasteiger partial charge in [0, 0.05) is 25.3 Å². The lowest BCUT2D eigenvalue weighted by Gasteiger charge is -2.18. The number of nitrogens with zero attached hydrogens (tertiary/aromatic N) is 6. The van der Waals surface area contributed by atoms with Crippen molar-refractivity contribution in [2.24, 2.45) is 0 Å². The van der Waals surface area contributed by atoms with Crippen LogP contribution >= 0.6 is 0 Å².